The molecule has 0 bridgehead atoms. The maximum absolute atomic E-state index is 13.0. The number of ketones is 2. The van der Waals surface area contributed by atoms with Crippen molar-refractivity contribution in [2.24, 2.45) is 0 Å². The number of nitrogens with zero attached hydrogens (tertiary/aromatic N) is 1. The number of carbonyl (C=O) groups is 3. The summed E-state index contributed by atoms with van der Waals surface area (Å²) >= 11 is 3.06. The number of hydrogen-bond donors (Lipinski definition) is 2. The zero-order chi connectivity index (χ0) is 19.9. The van der Waals surface area contributed by atoms with E-state index < -0.39 is 44.6 Å². The van der Waals surface area contributed by atoms with Crippen LogP contribution in [0.4, 0.5) is 5.69 Å². The quantitative estimate of drug-likeness (QED) is 0.585. The SMILES string of the molecule is N#CCC(=O)Nc1c(S(=O)(=O)O)cc(Br)c2c1C(=O)c1ccccc1C2=O. The molecule has 8 nitrogen and oxygen atoms in total. The predicted octanol–water partition coefficient (Wildman–Crippen LogP) is 2.32. The summed E-state index contributed by atoms with van der Waals surface area (Å²) in [5.74, 6) is -2.14. The third kappa shape index (κ3) is 3.16. The van der Waals surface area contributed by atoms with Gasteiger partial charge < -0.3 is 5.32 Å². The third-order valence-electron chi connectivity index (χ3n) is 3.90. The van der Waals surface area contributed by atoms with Crippen molar-refractivity contribution in [2.45, 2.75) is 11.3 Å². The molecule has 1 aliphatic carbocycles. The second kappa shape index (κ2) is 6.70. The first-order valence-corrected chi connectivity index (χ1v) is 9.59. The first-order chi connectivity index (χ1) is 12.7. The van der Waals surface area contributed by atoms with Gasteiger partial charge in [-0.25, -0.2) is 0 Å². The molecule has 0 heterocycles. The highest BCUT2D eigenvalue weighted by molar-refractivity contribution is 9.10. The Hall–Kier alpha value is -2.87. The fourth-order valence-corrected chi connectivity index (χ4v) is 4.24. The van der Waals surface area contributed by atoms with Gasteiger partial charge in [-0.05, 0) is 22.0 Å². The topological polar surface area (TPSA) is 141 Å². The third-order valence-corrected chi connectivity index (χ3v) is 5.40. The van der Waals surface area contributed by atoms with Crippen LogP contribution in [0.25, 0.3) is 0 Å². The number of nitrogens with one attached hydrogen (secondary N) is 1. The van der Waals surface area contributed by atoms with E-state index in [0.717, 1.165) is 6.07 Å². The molecule has 3 rings (SSSR count). The highest BCUT2D eigenvalue weighted by Gasteiger charge is 2.37. The Morgan fingerprint density at radius 1 is 1.15 bits per heavy atom. The first kappa shape index (κ1) is 18.9. The number of benzene rings is 2. The van der Waals surface area contributed by atoms with Crippen molar-refractivity contribution in [1.82, 2.24) is 0 Å². The Morgan fingerprint density at radius 3 is 2.22 bits per heavy atom. The molecular weight excluding hydrogens is 440 g/mol. The molecule has 0 saturated heterocycles. The lowest BCUT2D eigenvalue weighted by molar-refractivity contribution is -0.115. The van der Waals surface area contributed by atoms with Crippen molar-refractivity contribution in [3.05, 3.63) is 57.1 Å². The molecule has 2 aromatic rings. The predicted molar refractivity (Wildman–Crippen MR) is 96.1 cm³/mol. The molecule has 1 amide bonds. The minimum atomic E-state index is -4.86. The minimum Gasteiger partial charge on any atom is -0.323 e. The number of carbonyl (C=O) groups excluding carboxylic acids is 3. The second-order valence-electron chi connectivity index (χ2n) is 5.54. The summed E-state index contributed by atoms with van der Waals surface area (Å²) in [5, 5.41) is 10.8. The summed E-state index contributed by atoms with van der Waals surface area (Å²) in [6, 6.07) is 8.47. The fraction of sp³-hybridized carbons (Fsp3) is 0.0588. The number of amides is 1. The smallest absolute Gasteiger partial charge is 0.296 e. The number of fused-ring (bicyclic) bond motifs is 2. The molecule has 0 fully saturated rings. The molecule has 2 N–H and O–H groups in total. The second-order valence-corrected chi connectivity index (χ2v) is 7.79. The Morgan fingerprint density at radius 2 is 1.70 bits per heavy atom. The van der Waals surface area contributed by atoms with Crippen LogP contribution in [0.3, 0.4) is 0 Å². The Bertz CT molecular complexity index is 1180. The number of hydrogen-bond acceptors (Lipinski definition) is 6. The lowest BCUT2D eigenvalue weighted by Gasteiger charge is -2.23. The van der Waals surface area contributed by atoms with Crippen molar-refractivity contribution < 1.29 is 27.4 Å². The van der Waals surface area contributed by atoms with E-state index >= 15 is 0 Å². The van der Waals surface area contributed by atoms with E-state index in [-0.39, 0.29) is 26.7 Å². The zero-order valence-corrected chi connectivity index (χ0v) is 15.7. The molecular formula is C17H9BrN2O6S. The van der Waals surface area contributed by atoms with Crippen LogP contribution in [0.2, 0.25) is 0 Å². The molecule has 0 aliphatic heterocycles. The monoisotopic (exact) mass is 448 g/mol. The molecule has 0 radical (unpaired) electrons. The lowest BCUT2D eigenvalue weighted by Crippen LogP contribution is -2.26. The summed E-state index contributed by atoms with van der Waals surface area (Å²) in [6.07, 6.45) is -0.617. The van der Waals surface area contributed by atoms with E-state index in [2.05, 4.69) is 21.2 Å². The summed E-state index contributed by atoms with van der Waals surface area (Å²) < 4.78 is 33.1. The molecule has 136 valence electrons. The van der Waals surface area contributed by atoms with Crippen LogP contribution >= 0.6 is 15.9 Å². The molecule has 0 unspecified atom stereocenters. The average Bonchev–Trinajstić information content (AvgIpc) is 2.60. The van der Waals surface area contributed by atoms with Crippen LogP contribution in [0.5, 0.6) is 0 Å². The molecule has 0 atom stereocenters. The highest BCUT2D eigenvalue weighted by Crippen LogP contribution is 2.40. The van der Waals surface area contributed by atoms with Crippen LogP contribution in [0.15, 0.2) is 39.7 Å². The molecule has 10 heteroatoms. The van der Waals surface area contributed by atoms with Gasteiger partial charge in [-0.2, -0.15) is 13.7 Å². The van der Waals surface area contributed by atoms with Crippen LogP contribution in [-0.4, -0.2) is 30.4 Å². The van der Waals surface area contributed by atoms with Crippen molar-refractivity contribution in [3.63, 3.8) is 0 Å². The maximum atomic E-state index is 13.0. The summed E-state index contributed by atoms with van der Waals surface area (Å²) in [7, 11) is -4.86. The Kier molecular flexibility index (Phi) is 4.69. The van der Waals surface area contributed by atoms with E-state index in [1.165, 1.54) is 18.2 Å². The standard InChI is InChI=1S/C17H9BrN2O6S/c18-10-7-11(27(24,25)26)15(20-12(21)5-6-19)14-13(10)16(22)8-3-1-2-4-9(8)17(14)23/h1-4,7H,5H2,(H,20,21)(H,24,25,26). The average molecular weight is 449 g/mol. The first-order valence-electron chi connectivity index (χ1n) is 7.36. The van der Waals surface area contributed by atoms with E-state index in [1.54, 1.807) is 12.1 Å². The summed E-state index contributed by atoms with van der Waals surface area (Å²) in [4.78, 5) is 36.9. The Labute approximate surface area is 161 Å². The van der Waals surface area contributed by atoms with Gasteiger partial charge in [0.25, 0.3) is 10.1 Å². The normalized spacial score (nSPS) is 12.8. The van der Waals surface area contributed by atoms with Gasteiger partial charge in [0.15, 0.2) is 11.6 Å². The fourth-order valence-electron chi connectivity index (χ4n) is 2.81. The molecule has 27 heavy (non-hydrogen) atoms. The summed E-state index contributed by atoms with van der Waals surface area (Å²) in [6.45, 7) is 0. The molecule has 0 aromatic heterocycles. The van der Waals surface area contributed by atoms with Crippen molar-refractivity contribution in [1.29, 1.82) is 5.26 Å². The Balaban J connectivity index is 2.39. The maximum Gasteiger partial charge on any atom is 0.296 e. The van der Waals surface area contributed by atoms with Crippen LogP contribution in [-0.2, 0) is 14.9 Å². The number of nitriles is 1. The van der Waals surface area contributed by atoms with Crippen LogP contribution in [0.1, 0.15) is 38.3 Å². The van der Waals surface area contributed by atoms with Gasteiger partial charge in [-0.15, -0.1) is 0 Å². The minimum absolute atomic E-state index is 0.0312. The summed E-state index contributed by atoms with van der Waals surface area (Å²) in [5.41, 5.74) is -0.885. The van der Waals surface area contributed by atoms with Gasteiger partial charge >= 0.3 is 0 Å². The van der Waals surface area contributed by atoms with Crippen molar-refractivity contribution >= 4 is 49.2 Å². The van der Waals surface area contributed by atoms with Gasteiger partial charge in [0.05, 0.1) is 22.9 Å². The van der Waals surface area contributed by atoms with E-state index in [1.807, 2.05) is 0 Å². The van der Waals surface area contributed by atoms with E-state index in [0.29, 0.717) is 0 Å². The highest BCUT2D eigenvalue weighted by atomic mass is 79.9. The van der Waals surface area contributed by atoms with E-state index in [4.69, 9.17) is 5.26 Å². The lowest BCUT2D eigenvalue weighted by atomic mass is 9.83. The van der Waals surface area contributed by atoms with Gasteiger partial charge in [-0.3, -0.25) is 18.9 Å². The molecule has 2 aromatic carbocycles. The molecule has 0 spiro atoms. The molecule has 0 saturated carbocycles. The van der Waals surface area contributed by atoms with E-state index in [9.17, 15) is 27.4 Å². The van der Waals surface area contributed by atoms with Crippen molar-refractivity contribution in [3.8, 4) is 6.07 Å². The van der Waals surface area contributed by atoms with Crippen LogP contribution in [0, 0.1) is 11.3 Å². The van der Waals surface area contributed by atoms with Crippen LogP contribution < -0.4 is 5.32 Å². The van der Waals surface area contributed by atoms with Gasteiger partial charge in [0.2, 0.25) is 5.91 Å². The number of rotatable bonds is 3. The van der Waals surface area contributed by atoms with Gasteiger partial charge in [0.1, 0.15) is 11.3 Å². The number of halogens is 1. The van der Waals surface area contributed by atoms with Crippen molar-refractivity contribution in [2.75, 3.05) is 5.32 Å². The number of anilines is 1. The largest absolute Gasteiger partial charge is 0.323 e. The zero-order valence-electron chi connectivity index (χ0n) is 13.3. The molecule has 1 aliphatic rings. The van der Waals surface area contributed by atoms with Gasteiger partial charge in [0, 0.05) is 15.6 Å². The van der Waals surface area contributed by atoms with Gasteiger partial charge in [-0.1, -0.05) is 24.3 Å².